The second-order valence-corrected chi connectivity index (χ2v) is 11.9. The average molecular weight is 259 g/mol. The van der Waals surface area contributed by atoms with Gasteiger partial charge in [0.2, 0.25) is 0 Å². The first-order valence-electron chi connectivity index (χ1n) is 5.91. The van der Waals surface area contributed by atoms with Crippen LogP contribution in [0.15, 0.2) is 0 Å². The number of ether oxygens (including phenoxy) is 1. The molecule has 17 heavy (non-hydrogen) atoms. The maximum absolute atomic E-state index is 11.7. The van der Waals surface area contributed by atoms with Crippen LogP contribution in [0.25, 0.3) is 0 Å². The van der Waals surface area contributed by atoms with Crippen molar-refractivity contribution in [3.05, 3.63) is 0 Å². The molecular formula is C12H25NO3Si. The highest BCUT2D eigenvalue weighted by atomic mass is 28.3. The van der Waals surface area contributed by atoms with Crippen molar-refractivity contribution in [2.45, 2.75) is 65.0 Å². The number of rotatable bonds is 4. The zero-order chi connectivity index (χ0) is 13.9. The molecule has 0 radical (unpaired) electrons. The Morgan fingerprint density at radius 3 is 2.00 bits per heavy atom. The predicted molar refractivity (Wildman–Crippen MR) is 71.8 cm³/mol. The molecular weight excluding hydrogens is 234 g/mol. The summed E-state index contributed by atoms with van der Waals surface area (Å²) in [4.78, 5) is 22.9. The van der Waals surface area contributed by atoms with Crippen LogP contribution in [0, 0.1) is 0 Å². The second kappa shape index (κ2) is 5.66. The van der Waals surface area contributed by atoms with Gasteiger partial charge in [-0.1, -0.05) is 19.6 Å². The Kier molecular flexibility index (Phi) is 5.38. The molecule has 0 saturated heterocycles. The number of Topliss-reactive ketones (excluding diaryl/α,β-unsaturated/α-hetero) is 1. The lowest BCUT2D eigenvalue weighted by Gasteiger charge is -2.30. The van der Waals surface area contributed by atoms with Crippen molar-refractivity contribution in [2.24, 2.45) is 0 Å². The molecule has 1 atom stereocenters. The molecule has 0 rings (SSSR count). The molecule has 1 unspecified atom stereocenters. The molecule has 4 nitrogen and oxygen atoms in total. The van der Waals surface area contributed by atoms with Gasteiger partial charge in [0.15, 0.2) is 0 Å². The molecule has 0 fully saturated rings. The maximum Gasteiger partial charge on any atom is 0.407 e. The van der Waals surface area contributed by atoms with Crippen LogP contribution < -0.4 is 5.32 Å². The fraction of sp³-hybridized carbons (Fsp3) is 0.833. The van der Waals surface area contributed by atoms with Crippen LogP contribution in [0.4, 0.5) is 4.79 Å². The Hall–Kier alpha value is -0.843. The lowest BCUT2D eigenvalue weighted by Crippen LogP contribution is -2.52. The first kappa shape index (κ1) is 16.2. The van der Waals surface area contributed by atoms with Crippen molar-refractivity contribution < 1.29 is 14.3 Å². The molecule has 0 aliphatic rings. The molecule has 100 valence electrons. The van der Waals surface area contributed by atoms with Gasteiger partial charge in [0.25, 0.3) is 0 Å². The minimum Gasteiger partial charge on any atom is -0.444 e. The first-order valence-corrected chi connectivity index (χ1v) is 9.48. The monoisotopic (exact) mass is 259 g/mol. The largest absolute Gasteiger partial charge is 0.444 e. The fourth-order valence-electron chi connectivity index (χ4n) is 1.31. The van der Waals surface area contributed by atoms with Gasteiger partial charge in [-0.25, -0.2) is 4.79 Å². The molecule has 0 bridgehead atoms. The van der Waals surface area contributed by atoms with Crippen LogP contribution in [0.2, 0.25) is 19.6 Å². The van der Waals surface area contributed by atoms with Crippen LogP contribution in [0.1, 0.15) is 34.1 Å². The lowest BCUT2D eigenvalue weighted by atomic mass is 10.2. The number of carbonyl (C=O) groups is 2. The van der Waals surface area contributed by atoms with E-state index < -0.39 is 19.8 Å². The number of nitrogens with one attached hydrogen (secondary N) is 1. The number of ketones is 1. The molecule has 0 aromatic heterocycles. The van der Waals surface area contributed by atoms with Gasteiger partial charge in [0.1, 0.15) is 11.4 Å². The van der Waals surface area contributed by atoms with E-state index in [9.17, 15) is 9.59 Å². The Bertz CT molecular complexity index is 289. The Labute approximate surface area is 105 Å². The lowest BCUT2D eigenvalue weighted by molar-refractivity contribution is -0.117. The number of amides is 1. The van der Waals surface area contributed by atoms with E-state index in [4.69, 9.17) is 4.74 Å². The molecule has 0 spiro atoms. The summed E-state index contributed by atoms with van der Waals surface area (Å²) in [6.07, 6.45) is -0.0548. The molecule has 1 N–H and O–H groups in total. The molecule has 0 aliphatic carbocycles. The smallest absolute Gasteiger partial charge is 0.407 e. The Morgan fingerprint density at radius 1 is 1.24 bits per heavy atom. The summed E-state index contributed by atoms with van der Waals surface area (Å²) in [6, 6.07) is 0. The molecule has 0 aliphatic heterocycles. The normalized spacial score (nSPS) is 14.1. The fourth-order valence-corrected chi connectivity index (χ4v) is 2.76. The highest BCUT2D eigenvalue weighted by Crippen LogP contribution is 2.13. The van der Waals surface area contributed by atoms with Crippen LogP contribution in [-0.2, 0) is 9.53 Å². The van der Waals surface area contributed by atoms with Gasteiger partial charge in [0.05, 0.1) is 8.07 Å². The third kappa shape index (κ3) is 7.96. The number of hydrogen-bond donors (Lipinski definition) is 1. The summed E-state index contributed by atoms with van der Waals surface area (Å²) in [5.74, 6) is 0.0912. The summed E-state index contributed by atoms with van der Waals surface area (Å²) in [7, 11) is -1.62. The van der Waals surface area contributed by atoms with E-state index in [1.54, 1.807) is 6.92 Å². The third-order valence-corrected chi connectivity index (χ3v) is 4.67. The summed E-state index contributed by atoms with van der Waals surface area (Å²) < 4.78 is 5.21. The zero-order valence-electron chi connectivity index (χ0n) is 12.0. The zero-order valence-corrected chi connectivity index (χ0v) is 13.0. The van der Waals surface area contributed by atoms with Crippen LogP contribution in [0.5, 0.6) is 0 Å². The van der Waals surface area contributed by atoms with Gasteiger partial charge in [0, 0.05) is 12.1 Å². The van der Waals surface area contributed by atoms with E-state index in [2.05, 4.69) is 25.0 Å². The van der Waals surface area contributed by atoms with Gasteiger partial charge < -0.3 is 10.1 Å². The van der Waals surface area contributed by atoms with E-state index in [-0.39, 0.29) is 11.4 Å². The topological polar surface area (TPSA) is 55.4 Å². The van der Waals surface area contributed by atoms with E-state index in [1.165, 1.54) is 0 Å². The molecule has 0 aromatic carbocycles. The minimum atomic E-state index is -1.62. The Morgan fingerprint density at radius 2 is 1.71 bits per heavy atom. The highest BCUT2D eigenvalue weighted by Gasteiger charge is 2.30. The van der Waals surface area contributed by atoms with E-state index in [1.807, 2.05) is 20.8 Å². The quantitative estimate of drug-likeness (QED) is 0.790. The van der Waals surface area contributed by atoms with E-state index in [0.717, 1.165) is 0 Å². The number of carbonyl (C=O) groups excluding carboxylic acids is 2. The van der Waals surface area contributed by atoms with Crippen LogP contribution >= 0.6 is 0 Å². The third-order valence-electron chi connectivity index (χ3n) is 2.23. The molecule has 5 heteroatoms. The van der Waals surface area contributed by atoms with Gasteiger partial charge in [-0.3, -0.25) is 4.79 Å². The van der Waals surface area contributed by atoms with Crippen molar-refractivity contribution in [1.29, 1.82) is 0 Å². The minimum absolute atomic E-state index is 0.0742. The molecule has 0 heterocycles. The van der Waals surface area contributed by atoms with E-state index in [0.29, 0.717) is 6.42 Å². The predicted octanol–water partition coefficient (Wildman–Crippen LogP) is 2.74. The Balaban J connectivity index is 4.55. The van der Waals surface area contributed by atoms with Gasteiger partial charge in [-0.2, -0.15) is 0 Å². The first-order chi connectivity index (χ1) is 7.42. The van der Waals surface area contributed by atoms with Gasteiger partial charge in [-0.15, -0.1) is 0 Å². The summed E-state index contributed by atoms with van der Waals surface area (Å²) >= 11 is 0. The van der Waals surface area contributed by atoms with E-state index >= 15 is 0 Å². The highest BCUT2D eigenvalue weighted by molar-refractivity contribution is 6.78. The SMILES string of the molecule is CC(=O)CC(NC(=O)OC(C)(C)C)[Si](C)(C)C. The van der Waals surface area contributed by atoms with Crippen molar-refractivity contribution in [1.82, 2.24) is 5.32 Å². The molecule has 0 aromatic rings. The van der Waals surface area contributed by atoms with Gasteiger partial charge in [-0.05, 0) is 27.7 Å². The van der Waals surface area contributed by atoms with Crippen molar-refractivity contribution in [2.75, 3.05) is 0 Å². The summed E-state index contributed by atoms with van der Waals surface area (Å²) in [5.41, 5.74) is -0.584. The number of alkyl carbamates (subject to hydrolysis) is 1. The van der Waals surface area contributed by atoms with Crippen molar-refractivity contribution in [3.63, 3.8) is 0 Å². The second-order valence-electron chi connectivity index (χ2n) is 6.47. The maximum atomic E-state index is 11.7. The van der Waals surface area contributed by atoms with Crippen molar-refractivity contribution in [3.8, 4) is 0 Å². The number of hydrogen-bond acceptors (Lipinski definition) is 3. The molecule has 0 saturated carbocycles. The summed E-state index contributed by atoms with van der Waals surface area (Å²) in [5, 5.41) is 2.82. The van der Waals surface area contributed by atoms with Gasteiger partial charge >= 0.3 is 6.09 Å². The standard InChI is InChI=1S/C12H25NO3Si/c1-9(14)8-10(17(5,6)7)13-11(15)16-12(2,3)4/h10H,8H2,1-7H3,(H,13,15). The van der Waals surface area contributed by atoms with Crippen LogP contribution in [-0.4, -0.2) is 31.2 Å². The van der Waals surface area contributed by atoms with Crippen LogP contribution in [0.3, 0.4) is 0 Å². The average Bonchev–Trinajstić information content (AvgIpc) is 1.95. The molecule has 1 amide bonds. The summed E-state index contributed by atoms with van der Waals surface area (Å²) in [6.45, 7) is 13.4. The van der Waals surface area contributed by atoms with Crippen molar-refractivity contribution >= 4 is 20.0 Å².